The quantitative estimate of drug-likeness (QED) is 0.409. The van der Waals surface area contributed by atoms with Gasteiger partial charge in [-0.3, -0.25) is 4.79 Å². The number of hydrogen-bond donors (Lipinski definition) is 0. The molecule has 31 heavy (non-hydrogen) atoms. The maximum Gasteiger partial charge on any atom is 0.269 e. The third-order valence-electron chi connectivity index (χ3n) is 5.30. The molecule has 0 amide bonds. The SMILES string of the molecule is CC(=O)c1cn(S(=O)(=O)c2ccccc2)c2nccc(N(C)CCc3ccccc3)c12. The number of pyridine rings is 1. The highest BCUT2D eigenvalue weighted by atomic mass is 32.2. The van der Waals surface area contributed by atoms with E-state index in [1.165, 1.54) is 30.8 Å². The number of carbonyl (C=O) groups excluding carboxylic acids is 1. The lowest BCUT2D eigenvalue weighted by Crippen LogP contribution is -2.21. The van der Waals surface area contributed by atoms with Crippen molar-refractivity contribution in [3.63, 3.8) is 0 Å². The molecule has 0 aliphatic rings. The number of likely N-dealkylation sites (N-methyl/N-ethyl adjacent to an activating group) is 1. The van der Waals surface area contributed by atoms with Crippen LogP contribution >= 0.6 is 0 Å². The molecule has 0 bridgehead atoms. The zero-order chi connectivity index (χ0) is 22.0. The molecule has 7 heteroatoms. The second kappa shape index (κ2) is 8.35. The summed E-state index contributed by atoms with van der Waals surface area (Å²) in [5.74, 6) is -0.210. The topological polar surface area (TPSA) is 72.3 Å². The van der Waals surface area contributed by atoms with Crippen LogP contribution in [-0.4, -0.2) is 36.7 Å². The van der Waals surface area contributed by atoms with E-state index in [1.807, 2.05) is 36.2 Å². The normalized spacial score (nSPS) is 11.5. The zero-order valence-corrected chi connectivity index (χ0v) is 18.2. The number of ketones is 1. The average molecular weight is 434 g/mol. The van der Waals surface area contributed by atoms with Gasteiger partial charge in [-0.25, -0.2) is 17.4 Å². The first kappa shape index (κ1) is 20.8. The van der Waals surface area contributed by atoms with Crippen LogP contribution < -0.4 is 4.90 Å². The predicted molar refractivity (Wildman–Crippen MR) is 122 cm³/mol. The molecular weight excluding hydrogens is 410 g/mol. The largest absolute Gasteiger partial charge is 0.374 e. The molecule has 0 spiro atoms. The van der Waals surface area contributed by atoms with Gasteiger partial charge in [0.25, 0.3) is 10.0 Å². The summed E-state index contributed by atoms with van der Waals surface area (Å²) in [4.78, 5) is 19.0. The fourth-order valence-corrected chi connectivity index (χ4v) is 4.98. The third kappa shape index (κ3) is 3.96. The monoisotopic (exact) mass is 433 g/mol. The van der Waals surface area contributed by atoms with Gasteiger partial charge in [-0.15, -0.1) is 0 Å². The minimum Gasteiger partial charge on any atom is -0.374 e. The van der Waals surface area contributed by atoms with Crippen molar-refractivity contribution in [3.05, 3.63) is 90.3 Å². The number of Topliss-reactive ketones (excluding diaryl/α,β-unsaturated/α-hetero) is 1. The van der Waals surface area contributed by atoms with Crippen molar-refractivity contribution in [1.29, 1.82) is 0 Å². The first-order chi connectivity index (χ1) is 14.9. The van der Waals surface area contributed by atoms with Crippen molar-refractivity contribution in [2.45, 2.75) is 18.2 Å². The predicted octanol–water partition coefficient (Wildman–Crippen LogP) is 4.15. The fourth-order valence-electron chi connectivity index (χ4n) is 3.65. The van der Waals surface area contributed by atoms with E-state index in [0.29, 0.717) is 17.5 Å². The van der Waals surface area contributed by atoms with Gasteiger partial charge < -0.3 is 4.90 Å². The first-order valence-corrected chi connectivity index (χ1v) is 11.4. The lowest BCUT2D eigenvalue weighted by atomic mass is 10.1. The van der Waals surface area contributed by atoms with Gasteiger partial charge in [0.2, 0.25) is 0 Å². The molecule has 0 atom stereocenters. The molecule has 2 heterocycles. The van der Waals surface area contributed by atoms with E-state index in [-0.39, 0.29) is 16.3 Å². The van der Waals surface area contributed by atoms with E-state index in [0.717, 1.165) is 16.1 Å². The molecule has 0 aliphatic heterocycles. The Kier molecular flexibility index (Phi) is 5.61. The van der Waals surface area contributed by atoms with Crippen molar-refractivity contribution in [1.82, 2.24) is 8.96 Å². The number of benzene rings is 2. The molecule has 0 N–H and O–H groups in total. The molecule has 2 aromatic heterocycles. The molecule has 0 aliphatic carbocycles. The van der Waals surface area contributed by atoms with E-state index in [4.69, 9.17) is 0 Å². The minimum absolute atomic E-state index is 0.145. The van der Waals surface area contributed by atoms with Gasteiger partial charge in [0.15, 0.2) is 11.4 Å². The summed E-state index contributed by atoms with van der Waals surface area (Å²) >= 11 is 0. The Balaban J connectivity index is 1.81. The summed E-state index contributed by atoms with van der Waals surface area (Å²) in [6, 6.07) is 20.1. The second-order valence-corrected chi connectivity index (χ2v) is 9.21. The van der Waals surface area contributed by atoms with Crippen LogP contribution in [0.4, 0.5) is 5.69 Å². The van der Waals surface area contributed by atoms with Gasteiger partial charge in [0.05, 0.1) is 10.3 Å². The summed E-state index contributed by atoms with van der Waals surface area (Å²) in [5.41, 5.74) is 2.56. The highest BCUT2D eigenvalue weighted by molar-refractivity contribution is 7.90. The van der Waals surface area contributed by atoms with Crippen LogP contribution in [0.15, 0.2) is 84.0 Å². The van der Waals surface area contributed by atoms with Gasteiger partial charge in [-0.2, -0.15) is 0 Å². The molecule has 0 saturated carbocycles. The lowest BCUT2D eigenvalue weighted by Gasteiger charge is -2.20. The number of rotatable bonds is 7. The Morgan fingerprint density at radius 3 is 2.29 bits per heavy atom. The van der Waals surface area contributed by atoms with Crippen LogP contribution in [0, 0.1) is 0 Å². The van der Waals surface area contributed by atoms with Gasteiger partial charge >= 0.3 is 0 Å². The molecule has 0 unspecified atom stereocenters. The zero-order valence-electron chi connectivity index (χ0n) is 17.4. The molecular formula is C24H23N3O3S. The molecule has 2 aromatic carbocycles. The Hall–Kier alpha value is -3.45. The van der Waals surface area contributed by atoms with Crippen LogP contribution in [0.2, 0.25) is 0 Å². The number of fused-ring (bicyclic) bond motifs is 1. The molecule has 0 fully saturated rings. The Labute approximate surface area is 181 Å². The maximum atomic E-state index is 13.3. The van der Waals surface area contributed by atoms with E-state index < -0.39 is 10.0 Å². The average Bonchev–Trinajstić information content (AvgIpc) is 3.20. The third-order valence-corrected chi connectivity index (χ3v) is 6.97. The molecule has 158 valence electrons. The summed E-state index contributed by atoms with van der Waals surface area (Å²) < 4.78 is 27.7. The fraction of sp³-hybridized carbons (Fsp3) is 0.167. The van der Waals surface area contributed by atoms with Gasteiger partial charge in [0, 0.05) is 37.2 Å². The minimum atomic E-state index is -3.89. The Bertz CT molecular complexity index is 1330. The van der Waals surface area contributed by atoms with Crippen molar-refractivity contribution < 1.29 is 13.2 Å². The van der Waals surface area contributed by atoms with E-state index in [1.54, 1.807) is 24.4 Å². The second-order valence-electron chi connectivity index (χ2n) is 7.40. The van der Waals surface area contributed by atoms with Crippen molar-refractivity contribution in [3.8, 4) is 0 Å². The number of carbonyl (C=O) groups is 1. The molecule has 0 saturated heterocycles. The lowest BCUT2D eigenvalue weighted by molar-refractivity contribution is 0.101. The molecule has 0 radical (unpaired) electrons. The smallest absolute Gasteiger partial charge is 0.269 e. The number of anilines is 1. The highest BCUT2D eigenvalue weighted by Crippen LogP contribution is 2.32. The Morgan fingerprint density at radius 1 is 1.00 bits per heavy atom. The van der Waals surface area contributed by atoms with Crippen LogP contribution in [0.1, 0.15) is 22.8 Å². The van der Waals surface area contributed by atoms with Gasteiger partial charge in [0.1, 0.15) is 0 Å². The Morgan fingerprint density at radius 2 is 1.65 bits per heavy atom. The number of hydrogen-bond acceptors (Lipinski definition) is 5. The van der Waals surface area contributed by atoms with Crippen molar-refractivity contribution in [2.24, 2.45) is 0 Å². The summed E-state index contributed by atoms with van der Waals surface area (Å²) in [6.07, 6.45) is 3.79. The number of nitrogens with zero attached hydrogens (tertiary/aromatic N) is 3. The summed E-state index contributed by atoms with van der Waals surface area (Å²) in [7, 11) is -1.96. The molecule has 4 rings (SSSR count). The first-order valence-electron chi connectivity index (χ1n) is 9.96. The standard InChI is InChI=1S/C24H23N3O3S/c1-18(28)21-17-27(31(29,30)20-11-7-4-8-12-20)24-23(21)22(13-15-25-24)26(2)16-14-19-9-5-3-6-10-19/h3-13,15,17H,14,16H2,1-2H3. The molecule has 4 aromatic rings. The molecule has 6 nitrogen and oxygen atoms in total. The van der Waals surface area contributed by atoms with Crippen LogP contribution in [0.25, 0.3) is 11.0 Å². The van der Waals surface area contributed by atoms with Gasteiger partial charge in [-0.05, 0) is 37.1 Å². The van der Waals surface area contributed by atoms with E-state index >= 15 is 0 Å². The van der Waals surface area contributed by atoms with E-state index in [9.17, 15) is 13.2 Å². The van der Waals surface area contributed by atoms with Gasteiger partial charge in [-0.1, -0.05) is 48.5 Å². The number of aromatic nitrogens is 2. The summed E-state index contributed by atoms with van der Waals surface area (Å²) in [5, 5.41) is 0.546. The van der Waals surface area contributed by atoms with Crippen LogP contribution in [-0.2, 0) is 16.4 Å². The highest BCUT2D eigenvalue weighted by Gasteiger charge is 2.25. The summed E-state index contributed by atoms with van der Waals surface area (Å²) in [6.45, 7) is 2.14. The maximum absolute atomic E-state index is 13.3. The van der Waals surface area contributed by atoms with Crippen LogP contribution in [0.3, 0.4) is 0 Å². The van der Waals surface area contributed by atoms with Crippen molar-refractivity contribution >= 4 is 32.5 Å². The van der Waals surface area contributed by atoms with E-state index in [2.05, 4.69) is 17.1 Å². The van der Waals surface area contributed by atoms with Crippen LogP contribution in [0.5, 0.6) is 0 Å². The van der Waals surface area contributed by atoms with Crippen molar-refractivity contribution in [2.75, 3.05) is 18.5 Å².